The van der Waals surface area contributed by atoms with E-state index in [-0.39, 0.29) is 36.7 Å². The fourth-order valence-electron chi connectivity index (χ4n) is 7.79. The van der Waals surface area contributed by atoms with Gasteiger partial charge >= 0.3 is 18.3 Å². The Bertz CT molecular complexity index is 1420. The molecule has 4 atom stereocenters. The van der Waals surface area contributed by atoms with Gasteiger partial charge < -0.3 is 35.1 Å². The molecule has 2 aromatic rings. The Morgan fingerprint density at radius 2 is 1.11 bits per heavy atom. The van der Waals surface area contributed by atoms with Crippen LogP contribution in [0.25, 0.3) is 0 Å². The Morgan fingerprint density at radius 1 is 0.667 bits per heavy atom. The second-order valence-electron chi connectivity index (χ2n) is 15.9. The molecule has 54 heavy (non-hydrogen) atoms. The molecule has 13 heteroatoms. The second kappa shape index (κ2) is 21.5. The lowest BCUT2D eigenvalue weighted by atomic mass is 9.89. The number of nitrogens with two attached hydrogens (primary N) is 1. The van der Waals surface area contributed by atoms with Crippen molar-refractivity contribution >= 4 is 30.7 Å². The molecule has 2 unspecified atom stereocenters. The number of hydrogen-bond acceptors (Lipinski definition) is 9. The highest BCUT2D eigenvalue weighted by atomic mass is 35.5. The first-order chi connectivity index (χ1) is 25.5. The Balaban J connectivity index is 0.000000244. The van der Waals surface area contributed by atoms with Gasteiger partial charge in [-0.2, -0.15) is 0 Å². The summed E-state index contributed by atoms with van der Waals surface area (Å²) in [5.41, 5.74) is 7.63. The molecule has 0 aromatic heterocycles. The SMILES string of the molecule is CC(C)(C)OC(=O)N[C@@H]1CCCC(N2CCN(C(=O)OCc3ccccc3)CC2)C1.Cl.N[C@@H]1CCCC(N2CCN(C(=O)OCc3ccccc3)CC2)C1. The Morgan fingerprint density at radius 3 is 1.56 bits per heavy atom. The maximum atomic E-state index is 12.4. The molecule has 4 fully saturated rings. The normalized spacial score (nSPS) is 23.9. The maximum absolute atomic E-state index is 12.4. The standard InChI is InChI=1S/C23H35N3O4.C18H27N3O2.ClH/c1-23(2,3)30-21(27)24-19-10-7-11-20(16-19)25-12-14-26(15-13-25)22(28)29-17-18-8-5-4-6-9-18;19-16-7-4-8-17(13-16)20-9-11-21(12-10-20)18(22)23-14-15-5-2-1-3-6-15;/h4-6,8-9,19-20H,7,10-17H2,1-3H3,(H,24,27);1-3,5-6,16-17H,4,7-14,19H2;1H/t19-,20?;16-,17?;/m11./s1. The van der Waals surface area contributed by atoms with E-state index in [2.05, 4.69) is 15.1 Å². The average molecular weight is 771 g/mol. The number of rotatable bonds is 7. The number of carbonyl (C=O) groups excluding carboxylic acids is 3. The van der Waals surface area contributed by atoms with Gasteiger partial charge in [0.2, 0.25) is 0 Å². The Kier molecular flexibility index (Phi) is 17.2. The van der Waals surface area contributed by atoms with Crippen molar-refractivity contribution in [2.75, 3.05) is 52.4 Å². The van der Waals surface area contributed by atoms with Gasteiger partial charge in [-0.1, -0.05) is 67.1 Å². The van der Waals surface area contributed by atoms with E-state index in [1.165, 1.54) is 12.8 Å². The average Bonchev–Trinajstić information content (AvgIpc) is 3.16. The molecule has 6 rings (SSSR count). The summed E-state index contributed by atoms with van der Waals surface area (Å²) >= 11 is 0. The fourth-order valence-corrected chi connectivity index (χ4v) is 7.79. The molecule has 12 nitrogen and oxygen atoms in total. The van der Waals surface area contributed by atoms with E-state index in [9.17, 15) is 14.4 Å². The van der Waals surface area contributed by atoms with E-state index in [0.717, 1.165) is 88.9 Å². The highest BCUT2D eigenvalue weighted by molar-refractivity contribution is 5.85. The minimum Gasteiger partial charge on any atom is -0.445 e. The van der Waals surface area contributed by atoms with Crippen molar-refractivity contribution in [1.29, 1.82) is 0 Å². The summed E-state index contributed by atoms with van der Waals surface area (Å²) in [6.07, 6.45) is 8.08. The maximum Gasteiger partial charge on any atom is 0.410 e. The van der Waals surface area contributed by atoms with E-state index < -0.39 is 5.60 Å². The van der Waals surface area contributed by atoms with Gasteiger partial charge in [-0.3, -0.25) is 9.80 Å². The van der Waals surface area contributed by atoms with Crippen molar-refractivity contribution in [3.63, 3.8) is 0 Å². The van der Waals surface area contributed by atoms with Crippen LogP contribution in [0.1, 0.15) is 83.3 Å². The third-order valence-corrected chi connectivity index (χ3v) is 10.6. The Hall–Kier alpha value is -3.58. The minimum atomic E-state index is -0.483. The molecule has 0 bridgehead atoms. The zero-order chi connectivity index (χ0) is 37.6. The second-order valence-corrected chi connectivity index (χ2v) is 15.9. The van der Waals surface area contributed by atoms with Crippen LogP contribution in [0, 0.1) is 0 Å². The van der Waals surface area contributed by atoms with E-state index in [1.807, 2.05) is 86.3 Å². The van der Waals surface area contributed by atoms with Gasteiger partial charge in [0.15, 0.2) is 0 Å². The van der Waals surface area contributed by atoms with Gasteiger partial charge in [0.05, 0.1) is 0 Å². The quantitative estimate of drug-likeness (QED) is 0.307. The highest BCUT2D eigenvalue weighted by Crippen LogP contribution is 2.26. The number of halogens is 1. The molecule has 2 aliphatic carbocycles. The van der Waals surface area contributed by atoms with Gasteiger partial charge in [-0.25, -0.2) is 14.4 Å². The minimum absolute atomic E-state index is 0. The number of carbonyl (C=O) groups is 3. The number of piperazine rings is 2. The molecule has 0 radical (unpaired) electrons. The molecule has 300 valence electrons. The summed E-state index contributed by atoms with van der Waals surface area (Å²) in [6, 6.07) is 21.1. The summed E-state index contributed by atoms with van der Waals surface area (Å²) in [6.45, 7) is 12.7. The molecule has 3 amide bonds. The van der Waals surface area contributed by atoms with E-state index in [0.29, 0.717) is 44.4 Å². The lowest BCUT2D eigenvalue weighted by Gasteiger charge is -2.42. The van der Waals surface area contributed by atoms with Gasteiger partial charge in [-0.15, -0.1) is 12.4 Å². The van der Waals surface area contributed by atoms with Gasteiger partial charge in [0.1, 0.15) is 18.8 Å². The van der Waals surface area contributed by atoms with Gasteiger partial charge in [0.25, 0.3) is 0 Å². The first kappa shape index (κ1) is 43.2. The summed E-state index contributed by atoms with van der Waals surface area (Å²) < 4.78 is 16.3. The molecule has 0 spiro atoms. The van der Waals surface area contributed by atoms with Crippen molar-refractivity contribution in [2.45, 2.75) is 115 Å². The molecule has 4 aliphatic rings. The van der Waals surface area contributed by atoms with Gasteiger partial charge in [0, 0.05) is 76.5 Å². The summed E-state index contributed by atoms with van der Waals surface area (Å²) in [7, 11) is 0. The third kappa shape index (κ3) is 14.2. The number of nitrogens with zero attached hydrogens (tertiary/aromatic N) is 4. The predicted molar refractivity (Wildman–Crippen MR) is 212 cm³/mol. The first-order valence-electron chi connectivity index (χ1n) is 19.7. The lowest BCUT2D eigenvalue weighted by Crippen LogP contribution is -2.54. The topological polar surface area (TPSA) is 130 Å². The van der Waals surface area contributed by atoms with Crippen LogP contribution in [-0.4, -0.2) is 120 Å². The summed E-state index contributed by atoms with van der Waals surface area (Å²) in [5.74, 6) is 0. The molecular weight excluding hydrogens is 708 g/mol. The number of ether oxygens (including phenoxy) is 3. The number of nitrogens with one attached hydrogen (secondary N) is 1. The first-order valence-corrected chi connectivity index (χ1v) is 19.7. The largest absolute Gasteiger partial charge is 0.445 e. The highest BCUT2D eigenvalue weighted by Gasteiger charge is 2.32. The van der Waals surface area contributed by atoms with Crippen molar-refractivity contribution in [2.24, 2.45) is 5.73 Å². The molecule has 3 N–H and O–H groups in total. The van der Waals surface area contributed by atoms with Crippen LogP contribution in [0.2, 0.25) is 0 Å². The lowest BCUT2D eigenvalue weighted by molar-refractivity contribution is 0.0390. The van der Waals surface area contributed by atoms with E-state index in [1.54, 1.807) is 4.90 Å². The van der Waals surface area contributed by atoms with Crippen LogP contribution in [0.5, 0.6) is 0 Å². The summed E-state index contributed by atoms with van der Waals surface area (Å²) in [5, 5.41) is 3.03. The number of hydrogen-bond donors (Lipinski definition) is 2. The van der Waals surface area contributed by atoms with Crippen LogP contribution in [0.4, 0.5) is 14.4 Å². The molecule has 2 aromatic carbocycles. The zero-order valence-electron chi connectivity index (χ0n) is 32.5. The zero-order valence-corrected chi connectivity index (χ0v) is 33.4. The van der Waals surface area contributed by atoms with Crippen molar-refractivity contribution in [1.82, 2.24) is 24.9 Å². The van der Waals surface area contributed by atoms with Crippen LogP contribution in [0.3, 0.4) is 0 Å². The van der Waals surface area contributed by atoms with Crippen LogP contribution >= 0.6 is 12.4 Å². The number of benzene rings is 2. The molecule has 2 saturated carbocycles. The molecule has 2 saturated heterocycles. The number of amides is 3. The fraction of sp³-hybridized carbons (Fsp3) is 0.634. The van der Waals surface area contributed by atoms with Crippen LogP contribution in [0.15, 0.2) is 60.7 Å². The van der Waals surface area contributed by atoms with Crippen LogP contribution in [-0.2, 0) is 27.4 Å². The van der Waals surface area contributed by atoms with E-state index >= 15 is 0 Å². The van der Waals surface area contributed by atoms with Crippen molar-refractivity contribution < 1.29 is 28.6 Å². The van der Waals surface area contributed by atoms with Crippen molar-refractivity contribution in [3.8, 4) is 0 Å². The molecular formula is C41H63ClN6O6. The van der Waals surface area contributed by atoms with E-state index in [4.69, 9.17) is 19.9 Å². The Labute approximate surface area is 328 Å². The summed E-state index contributed by atoms with van der Waals surface area (Å²) in [4.78, 5) is 45.2. The molecule has 2 aliphatic heterocycles. The number of alkyl carbamates (subject to hydrolysis) is 1. The smallest absolute Gasteiger partial charge is 0.410 e. The van der Waals surface area contributed by atoms with Crippen molar-refractivity contribution in [3.05, 3.63) is 71.8 Å². The monoisotopic (exact) mass is 770 g/mol. The third-order valence-electron chi connectivity index (χ3n) is 10.6. The van der Waals surface area contributed by atoms with Crippen LogP contribution < -0.4 is 11.1 Å². The van der Waals surface area contributed by atoms with Gasteiger partial charge in [-0.05, 0) is 76.8 Å². The molecule has 2 heterocycles. The predicted octanol–water partition coefficient (Wildman–Crippen LogP) is 6.41.